The average Bonchev–Trinajstić information content (AvgIpc) is 2.94. The van der Waals surface area contributed by atoms with Crippen molar-refractivity contribution in [2.45, 2.75) is 24.7 Å². The summed E-state index contributed by atoms with van der Waals surface area (Å²) in [6.45, 7) is 0.178. The summed E-state index contributed by atoms with van der Waals surface area (Å²) in [6.07, 6.45) is 2.21. The predicted octanol–water partition coefficient (Wildman–Crippen LogP) is 3.51. The fourth-order valence-corrected chi connectivity index (χ4v) is 4.39. The lowest BCUT2D eigenvalue weighted by Gasteiger charge is -2.27. The van der Waals surface area contributed by atoms with Gasteiger partial charge in [0.25, 0.3) is 5.91 Å². The number of carbonyl (C=O) groups excluding carboxylic acids is 3. The Morgan fingerprint density at radius 2 is 1.61 bits per heavy atom. The van der Waals surface area contributed by atoms with Crippen LogP contribution in [0.15, 0.2) is 84.9 Å². The number of anilines is 1. The zero-order valence-corrected chi connectivity index (χ0v) is 21.3. The largest absolute Gasteiger partial charge is 0.377 e. The quantitative estimate of drug-likeness (QED) is 0.495. The van der Waals surface area contributed by atoms with Gasteiger partial charge in [-0.3, -0.25) is 14.4 Å². The molecule has 0 spiro atoms. The molecule has 3 N–H and O–H groups in total. The summed E-state index contributed by atoms with van der Waals surface area (Å²) in [4.78, 5) is 39.4. The molecule has 0 saturated carbocycles. The topological polar surface area (TPSA) is 106 Å². The lowest BCUT2D eigenvalue weighted by Crippen LogP contribution is -2.45. The molecule has 1 aliphatic heterocycles. The minimum atomic E-state index is -0.852. The first-order valence-corrected chi connectivity index (χ1v) is 12.3. The number of fused-ring (bicyclic) bond motifs is 3. The zero-order chi connectivity index (χ0) is 26.9. The van der Waals surface area contributed by atoms with E-state index in [9.17, 15) is 14.4 Å². The number of methoxy groups -OCH3 is 2. The molecule has 1 aliphatic rings. The number of amides is 3. The van der Waals surface area contributed by atoms with Gasteiger partial charge in [-0.05, 0) is 35.4 Å². The highest BCUT2D eigenvalue weighted by molar-refractivity contribution is 6.02. The van der Waals surface area contributed by atoms with E-state index in [0.717, 1.165) is 5.56 Å². The second-order valence-corrected chi connectivity index (χ2v) is 8.93. The molecule has 0 fully saturated rings. The standard InChI is InChI=1S/C30H31N3O5/c1-37-26-19-31-27(34)16-15-21-11-8-12-22(17-21)29(35)33-25(18-20-9-4-3-5-10-20)30(36)32-24-14-7-6-13-23(24)28(26)38-2/h3-17,25-26,28H,18-19H2,1-2H3,(H,31,34)(H,32,36)(H,33,35)/b16-15+/t25-,26+,28+/m0/s1. The van der Waals surface area contributed by atoms with Crippen LogP contribution in [0.2, 0.25) is 0 Å². The maximum atomic E-state index is 13.6. The molecule has 0 aromatic heterocycles. The van der Waals surface area contributed by atoms with E-state index in [1.165, 1.54) is 6.08 Å². The van der Waals surface area contributed by atoms with Crippen molar-refractivity contribution in [2.24, 2.45) is 0 Å². The number of hydrogen-bond donors (Lipinski definition) is 3. The van der Waals surface area contributed by atoms with Gasteiger partial charge in [-0.1, -0.05) is 60.7 Å². The van der Waals surface area contributed by atoms with E-state index in [2.05, 4.69) is 16.0 Å². The number of carbonyl (C=O) groups is 3. The molecule has 0 unspecified atom stereocenters. The minimum absolute atomic E-state index is 0.178. The van der Waals surface area contributed by atoms with Crippen LogP contribution in [-0.4, -0.2) is 50.6 Å². The van der Waals surface area contributed by atoms with Gasteiger partial charge in [0.2, 0.25) is 11.8 Å². The number of ether oxygens (including phenoxy) is 2. The Morgan fingerprint density at radius 3 is 2.37 bits per heavy atom. The van der Waals surface area contributed by atoms with Gasteiger partial charge < -0.3 is 25.4 Å². The molecule has 0 aliphatic carbocycles. The third-order valence-corrected chi connectivity index (χ3v) is 6.38. The van der Waals surface area contributed by atoms with Crippen molar-refractivity contribution in [1.82, 2.24) is 10.6 Å². The van der Waals surface area contributed by atoms with Crippen LogP contribution in [0.3, 0.4) is 0 Å². The Hall–Kier alpha value is -4.27. The van der Waals surface area contributed by atoms with E-state index in [1.54, 1.807) is 56.7 Å². The van der Waals surface area contributed by atoms with Gasteiger partial charge in [0.1, 0.15) is 18.2 Å². The summed E-state index contributed by atoms with van der Waals surface area (Å²) in [7, 11) is 3.09. The Kier molecular flexibility index (Phi) is 9.02. The molecular weight excluding hydrogens is 482 g/mol. The zero-order valence-electron chi connectivity index (χ0n) is 21.3. The second-order valence-electron chi connectivity index (χ2n) is 8.93. The van der Waals surface area contributed by atoms with Crippen molar-refractivity contribution in [1.29, 1.82) is 0 Å². The van der Waals surface area contributed by atoms with Crippen molar-refractivity contribution in [3.8, 4) is 0 Å². The highest BCUT2D eigenvalue weighted by Crippen LogP contribution is 2.29. The lowest BCUT2D eigenvalue weighted by atomic mass is 10.0. The van der Waals surface area contributed by atoms with Crippen LogP contribution in [-0.2, 0) is 25.5 Å². The van der Waals surface area contributed by atoms with Crippen LogP contribution >= 0.6 is 0 Å². The Morgan fingerprint density at radius 1 is 0.842 bits per heavy atom. The first-order valence-electron chi connectivity index (χ1n) is 12.3. The van der Waals surface area contributed by atoms with E-state index in [1.807, 2.05) is 42.5 Å². The molecule has 3 atom stereocenters. The molecule has 38 heavy (non-hydrogen) atoms. The summed E-state index contributed by atoms with van der Waals surface area (Å²) >= 11 is 0. The molecule has 8 heteroatoms. The van der Waals surface area contributed by atoms with Crippen LogP contribution in [0.25, 0.3) is 6.08 Å². The van der Waals surface area contributed by atoms with E-state index in [4.69, 9.17) is 9.47 Å². The molecule has 0 saturated heterocycles. The number of rotatable bonds is 4. The molecule has 8 nitrogen and oxygen atoms in total. The monoisotopic (exact) mass is 513 g/mol. The first kappa shape index (κ1) is 26.8. The van der Waals surface area contributed by atoms with Gasteiger partial charge in [0.15, 0.2) is 0 Å². The van der Waals surface area contributed by atoms with Gasteiger partial charge in [0, 0.05) is 50.1 Å². The highest BCUT2D eigenvalue weighted by atomic mass is 16.5. The Labute approximate surface area is 222 Å². The summed E-state index contributed by atoms with van der Waals surface area (Å²) in [5.74, 6) is -1.08. The van der Waals surface area contributed by atoms with Crippen LogP contribution in [0.5, 0.6) is 0 Å². The minimum Gasteiger partial charge on any atom is -0.377 e. The van der Waals surface area contributed by atoms with E-state index >= 15 is 0 Å². The Balaban J connectivity index is 1.75. The van der Waals surface area contributed by atoms with Crippen molar-refractivity contribution in [3.05, 3.63) is 107 Å². The van der Waals surface area contributed by atoms with Crippen LogP contribution in [0.1, 0.15) is 33.2 Å². The normalized spacial score (nSPS) is 21.3. The average molecular weight is 514 g/mol. The molecule has 3 aromatic rings. The Bertz CT molecular complexity index is 1310. The molecule has 0 radical (unpaired) electrons. The number of nitrogens with one attached hydrogen (secondary N) is 3. The summed E-state index contributed by atoms with van der Waals surface area (Å²) < 4.78 is 11.4. The highest BCUT2D eigenvalue weighted by Gasteiger charge is 2.28. The van der Waals surface area contributed by atoms with Crippen molar-refractivity contribution < 1.29 is 23.9 Å². The van der Waals surface area contributed by atoms with Crippen molar-refractivity contribution in [3.63, 3.8) is 0 Å². The molecule has 4 rings (SSSR count). The third-order valence-electron chi connectivity index (χ3n) is 6.38. The maximum Gasteiger partial charge on any atom is 0.251 e. The predicted molar refractivity (Wildman–Crippen MR) is 146 cm³/mol. The second kappa shape index (κ2) is 12.8. The van der Waals surface area contributed by atoms with Gasteiger partial charge >= 0.3 is 0 Å². The third kappa shape index (κ3) is 6.73. The van der Waals surface area contributed by atoms with E-state index in [-0.39, 0.29) is 18.4 Å². The first-order chi connectivity index (χ1) is 18.5. The molecule has 3 aromatic carbocycles. The summed E-state index contributed by atoms with van der Waals surface area (Å²) in [5.41, 5.74) is 3.16. The lowest BCUT2D eigenvalue weighted by molar-refractivity contribution is -0.118. The van der Waals surface area contributed by atoms with E-state index in [0.29, 0.717) is 28.8 Å². The summed E-state index contributed by atoms with van der Waals surface area (Å²) in [5, 5.41) is 8.71. The molecule has 1 heterocycles. The molecule has 3 amide bonds. The number of hydrogen-bond acceptors (Lipinski definition) is 5. The van der Waals surface area contributed by atoms with Crippen molar-refractivity contribution >= 4 is 29.5 Å². The van der Waals surface area contributed by atoms with E-state index < -0.39 is 24.2 Å². The van der Waals surface area contributed by atoms with Crippen LogP contribution < -0.4 is 16.0 Å². The SMILES string of the molecule is CO[C@@H]1c2ccccc2NC(=O)[C@H](Cc2ccccc2)NC(=O)c2cccc(c2)/C=C/C(=O)NC[C@H]1OC. The maximum absolute atomic E-state index is 13.6. The van der Waals surface area contributed by atoms with Gasteiger partial charge in [-0.2, -0.15) is 0 Å². The molecule has 196 valence electrons. The fourth-order valence-electron chi connectivity index (χ4n) is 4.39. The van der Waals surface area contributed by atoms with Gasteiger partial charge in [-0.15, -0.1) is 0 Å². The van der Waals surface area contributed by atoms with Gasteiger partial charge in [-0.25, -0.2) is 0 Å². The smallest absolute Gasteiger partial charge is 0.251 e. The number of benzene rings is 3. The van der Waals surface area contributed by atoms with Gasteiger partial charge in [0.05, 0.1) is 0 Å². The fraction of sp³-hybridized carbons (Fsp3) is 0.233. The number of para-hydroxylation sites is 1. The van der Waals surface area contributed by atoms with Crippen LogP contribution in [0.4, 0.5) is 5.69 Å². The van der Waals surface area contributed by atoms with Crippen LogP contribution in [0, 0.1) is 0 Å². The molecular formula is C30H31N3O5. The molecule has 2 bridgehead atoms. The summed E-state index contributed by atoms with van der Waals surface area (Å²) in [6, 6.07) is 22.8. The van der Waals surface area contributed by atoms with Crippen molar-refractivity contribution in [2.75, 3.05) is 26.1 Å².